The lowest BCUT2D eigenvalue weighted by molar-refractivity contribution is -0.138. The molecule has 2 fully saturated rings. The molecule has 1 amide bonds. The van der Waals surface area contributed by atoms with Gasteiger partial charge in [0.15, 0.2) is 6.61 Å². The van der Waals surface area contributed by atoms with Crippen molar-refractivity contribution in [3.63, 3.8) is 0 Å². The van der Waals surface area contributed by atoms with E-state index >= 15 is 0 Å². The molecule has 0 spiro atoms. The number of hydrogen-bond donors (Lipinski definition) is 1. The number of carbonyl (C=O) groups is 2. The number of likely N-dealkylation sites (tertiary alicyclic amines) is 2. The second kappa shape index (κ2) is 9.03. The van der Waals surface area contributed by atoms with Crippen molar-refractivity contribution >= 4 is 11.9 Å². The van der Waals surface area contributed by atoms with Gasteiger partial charge in [0.1, 0.15) is 5.75 Å². The minimum Gasteiger partial charge on any atom is -0.484 e. The van der Waals surface area contributed by atoms with Gasteiger partial charge in [0, 0.05) is 13.1 Å². The molecular formula is C20H28N2O4. The van der Waals surface area contributed by atoms with Crippen molar-refractivity contribution in [1.82, 2.24) is 9.80 Å². The van der Waals surface area contributed by atoms with Crippen LogP contribution in [0.4, 0.5) is 0 Å². The van der Waals surface area contributed by atoms with Crippen LogP contribution in [-0.4, -0.2) is 66.1 Å². The van der Waals surface area contributed by atoms with E-state index in [0.29, 0.717) is 11.8 Å². The predicted molar refractivity (Wildman–Crippen MR) is 98.0 cm³/mol. The molecule has 2 saturated heterocycles. The van der Waals surface area contributed by atoms with Gasteiger partial charge in [-0.25, -0.2) is 0 Å². The molecule has 6 heteroatoms. The number of para-hydroxylation sites is 1. The fourth-order valence-corrected chi connectivity index (χ4v) is 4.15. The maximum Gasteiger partial charge on any atom is 0.317 e. The van der Waals surface area contributed by atoms with E-state index < -0.39 is 5.97 Å². The number of nitrogens with zero attached hydrogens (tertiary/aromatic N) is 2. The first-order valence-corrected chi connectivity index (χ1v) is 9.51. The number of amides is 1. The molecule has 3 rings (SSSR count). The summed E-state index contributed by atoms with van der Waals surface area (Å²) in [6.45, 7) is 3.61. The number of carboxylic acids is 1. The van der Waals surface area contributed by atoms with E-state index in [1.54, 1.807) is 0 Å². The van der Waals surface area contributed by atoms with E-state index in [-0.39, 0.29) is 19.1 Å². The van der Waals surface area contributed by atoms with Crippen LogP contribution >= 0.6 is 0 Å². The molecule has 1 aromatic carbocycles. The van der Waals surface area contributed by atoms with E-state index in [0.717, 1.165) is 57.6 Å². The number of rotatable bonds is 6. The van der Waals surface area contributed by atoms with Crippen molar-refractivity contribution in [2.45, 2.75) is 25.7 Å². The SMILES string of the molecule is O=C(O)CN1CCC(C2CCN(C(=O)COc3ccccc3)CC2)CC1. The smallest absolute Gasteiger partial charge is 0.317 e. The molecule has 2 heterocycles. The second-order valence-electron chi connectivity index (χ2n) is 7.33. The highest BCUT2D eigenvalue weighted by atomic mass is 16.5. The zero-order chi connectivity index (χ0) is 18.4. The lowest BCUT2D eigenvalue weighted by atomic mass is 9.79. The first kappa shape index (κ1) is 18.7. The highest BCUT2D eigenvalue weighted by molar-refractivity contribution is 5.77. The molecule has 0 radical (unpaired) electrons. The van der Waals surface area contributed by atoms with E-state index in [1.165, 1.54) is 0 Å². The number of carbonyl (C=O) groups excluding carboxylic acids is 1. The maximum absolute atomic E-state index is 12.3. The van der Waals surface area contributed by atoms with Crippen molar-refractivity contribution in [2.24, 2.45) is 11.8 Å². The van der Waals surface area contributed by atoms with E-state index in [4.69, 9.17) is 9.84 Å². The standard InChI is InChI=1S/C20H28N2O4/c23-19(15-26-18-4-2-1-3-5-18)22-12-8-17(9-13-22)16-6-10-21(11-7-16)14-20(24)25/h1-5,16-17H,6-15H2,(H,24,25). The third-order valence-corrected chi connectivity index (χ3v) is 5.66. The zero-order valence-electron chi connectivity index (χ0n) is 15.2. The molecule has 0 bridgehead atoms. The van der Waals surface area contributed by atoms with E-state index in [9.17, 15) is 9.59 Å². The molecule has 0 unspecified atom stereocenters. The minimum absolute atomic E-state index is 0.0589. The van der Waals surface area contributed by atoms with Crippen LogP contribution in [0.5, 0.6) is 5.75 Å². The Hall–Kier alpha value is -2.08. The summed E-state index contributed by atoms with van der Waals surface area (Å²) in [5.41, 5.74) is 0. The van der Waals surface area contributed by atoms with Gasteiger partial charge in [-0.15, -0.1) is 0 Å². The predicted octanol–water partition coefficient (Wildman–Crippen LogP) is 2.10. The first-order valence-electron chi connectivity index (χ1n) is 9.51. The summed E-state index contributed by atoms with van der Waals surface area (Å²) < 4.78 is 5.56. The summed E-state index contributed by atoms with van der Waals surface area (Å²) in [6.07, 6.45) is 4.23. The second-order valence-corrected chi connectivity index (χ2v) is 7.33. The van der Waals surface area contributed by atoms with E-state index in [2.05, 4.69) is 0 Å². The summed E-state index contributed by atoms with van der Waals surface area (Å²) in [4.78, 5) is 27.1. The lowest BCUT2D eigenvalue weighted by Gasteiger charge is -2.39. The van der Waals surface area contributed by atoms with Crippen molar-refractivity contribution in [3.05, 3.63) is 30.3 Å². The van der Waals surface area contributed by atoms with Gasteiger partial charge in [0.25, 0.3) is 5.91 Å². The average Bonchev–Trinajstić information content (AvgIpc) is 2.67. The minimum atomic E-state index is -0.743. The van der Waals surface area contributed by atoms with Crippen molar-refractivity contribution < 1.29 is 19.4 Å². The Kier molecular flexibility index (Phi) is 6.50. The van der Waals surface area contributed by atoms with Crippen molar-refractivity contribution in [2.75, 3.05) is 39.3 Å². The normalized spacial score (nSPS) is 20.1. The molecule has 1 aromatic rings. The van der Waals surface area contributed by atoms with Crippen LogP contribution in [0.15, 0.2) is 30.3 Å². The number of benzene rings is 1. The van der Waals surface area contributed by atoms with Crippen LogP contribution < -0.4 is 4.74 Å². The van der Waals surface area contributed by atoms with Crippen molar-refractivity contribution in [1.29, 1.82) is 0 Å². The summed E-state index contributed by atoms with van der Waals surface area (Å²) in [5.74, 6) is 1.36. The zero-order valence-corrected chi connectivity index (χ0v) is 15.2. The molecule has 0 saturated carbocycles. The topological polar surface area (TPSA) is 70.1 Å². The Balaban J connectivity index is 1.37. The average molecular weight is 360 g/mol. The lowest BCUT2D eigenvalue weighted by Crippen LogP contribution is -2.44. The van der Waals surface area contributed by atoms with Gasteiger partial charge >= 0.3 is 5.97 Å². The highest BCUT2D eigenvalue weighted by Gasteiger charge is 2.31. The number of ether oxygens (including phenoxy) is 1. The van der Waals surface area contributed by atoms with Crippen LogP contribution in [0.3, 0.4) is 0 Å². The fraction of sp³-hybridized carbons (Fsp3) is 0.600. The van der Waals surface area contributed by atoms with Gasteiger partial charge in [-0.05, 0) is 62.7 Å². The first-order chi connectivity index (χ1) is 12.6. The molecular weight excluding hydrogens is 332 g/mol. The Morgan fingerprint density at radius 1 is 0.962 bits per heavy atom. The van der Waals surface area contributed by atoms with Crippen LogP contribution in [0.2, 0.25) is 0 Å². The summed E-state index contributed by atoms with van der Waals surface area (Å²) in [7, 11) is 0. The summed E-state index contributed by atoms with van der Waals surface area (Å²) >= 11 is 0. The molecule has 6 nitrogen and oxygen atoms in total. The Labute approximate surface area is 154 Å². The quantitative estimate of drug-likeness (QED) is 0.841. The number of hydrogen-bond acceptors (Lipinski definition) is 4. The molecule has 1 N–H and O–H groups in total. The van der Waals surface area contributed by atoms with Crippen LogP contribution in [0.1, 0.15) is 25.7 Å². The van der Waals surface area contributed by atoms with Crippen LogP contribution in [-0.2, 0) is 9.59 Å². The highest BCUT2D eigenvalue weighted by Crippen LogP contribution is 2.32. The van der Waals surface area contributed by atoms with Gasteiger partial charge in [-0.1, -0.05) is 18.2 Å². The van der Waals surface area contributed by atoms with Crippen LogP contribution in [0.25, 0.3) is 0 Å². The monoisotopic (exact) mass is 360 g/mol. The molecule has 0 aromatic heterocycles. The number of carboxylic acid groups (broad SMARTS) is 1. The fourth-order valence-electron chi connectivity index (χ4n) is 4.15. The Bertz CT molecular complexity index is 591. The molecule has 142 valence electrons. The maximum atomic E-state index is 12.3. The molecule has 0 aliphatic carbocycles. The number of aliphatic carboxylic acids is 1. The third kappa shape index (κ3) is 5.21. The summed E-state index contributed by atoms with van der Waals surface area (Å²) in [5, 5.41) is 8.89. The summed E-state index contributed by atoms with van der Waals surface area (Å²) in [6, 6.07) is 9.43. The van der Waals surface area contributed by atoms with Gasteiger partial charge in [-0.3, -0.25) is 14.5 Å². The van der Waals surface area contributed by atoms with Crippen LogP contribution in [0, 0.1) is 11.8 Å². The van der Waals surface area contributed by atoms with E-state index in [1.807, 2.05) is 40.1 Å². The Morgan fingerprint density at radius 3 is 2.12 bits per heavy atom. The molecule has 0 atom stereocenters. The van der Waals surface area contributed by atoms with Crippen molar-refractivity contribution in [3.8, 4) is 5.75 Å². The van der Waals surface area contributed by atoms with Gasteiger partial charge in [0.05, 0.1) is 6.54 Å². The van der Waals surface area contributed by atoms with Gasteiger partial charge in [0.2, 0.25) is 0 Å². The molecule has 2 aliphatic heterocycles. The third-order valence-electron chi connectivity index (χ3n) is 5.66. The van der Waals surface area contributed by atoms with Gasteiger partial charge < -0.3 is 14.7 Å². The Morgan fingerprint density at radius 2 is 1.54 bits per heavy atom. The molecule has 26 heavy (non-hydrogen) atoms. The molecule has 2 aliphatic rings. The largest absolute Gasteiger partial charge is 0.484 e. The van der Waals surface area contributed by atoms with Gasteiger partial charge in [-0.2, -0.15) is 0 Å². The number of piperidine rings is 2.